The second kappa shape index (κ2) is 5.97. The molecule has 1 fully saturated rings. The summed E-state index contributed by atoms with van der Waals surface area (Å²) in [4.78, 5) is 19.2. The number of hydrogen-bond acceptors (Lipinski definition) is 5. The molecule has 0 amide bonds. The van der Waals surface area contributed by atoms with Crippen LogP contribution in [-0.4, -0.2) is 27.6 Å². The molecule has 0 aliphatic heterocycles. The van der Waals surface area contributed by atoms with Gasteiger partial charge in [0.15, 0.2) is 0 Å². The monoisotopic (exact) mass is 302 g/mol. The number of carboxylic acid groups (broad SMARTS) is 1. The summed E-state index contributed by atoms with van der Waals surface area (Å²) >= 11 is 0. The Kier molecular flexibility index (Phi) is 3.86. The van der Waals surface area contributed by atoms with Gasteiger partial charge in [-0.1, -0.05) is 0 Å². The molecule has 1 aliphatic rings. The van der Waals surface area contributed by atoms with Crippen molar-refractivity contribution in [1.29, 1.82) is 0 Å². The SMILES string of the molecule is O=C(O)CNc1nc(Nc2ccc(F)cc2)cc(C2CC2)n1. The minimum absolute atomic E-state index is 0.246. The maximum absolute atomic E-state index is 12.9. The van der Waals surface area contributed by atoms with Gasteiger partial charge in [-0.15, -0.1) is 0 Å². The highest BCUT2D eigenvalue weighted by atomic mass is 19.1. The van der Waals surface area contributed by atoms with E-state index in [-0.39, 0.29) is 18.3 Å². The number of aromatic nitrogens is 2. The quantitative estimate of drug-likeness (QED) is 0.760. The molecule has 2 aromatic rings. The van der Waals surface area contributed by atoms with Crippen molar-refractivity contribution in [2.75, 3.05) is 17.2 Å². The molecule has 0 spiro atoms. The summed E-state index contributed by atoms with van der Waals surface area (Å²) in [5.74, 6) is -0.0563. The van der Waals surface area contributed by atoms with E-state index in [4.69, 9.17) is 5.11 Å². The van der Waals surface area contributed by atoms with Crippen LogP contribution >= 0.6 is 0 Å². The van der Waals surface area contributed by atoms with Gasteiger partial charge in [-0.2, -0.15) is 4.98 Å². The van der Waals surface area contributed by atoms with Crippen molar-refractivity contribution in [2.24, 2.45) is 0 Å². The zero-order valence-corrected chi connectivity index (χ0v) is 11.7. The molecular weight excluding hydrogens is 287 g/mol. The van der Waals surface area contributed by atoms with E-state index in [9.17, 15) is 9.18 Å². The van der Waals surface area contributed by atoms with Crippen LogP contribution in [0, 0.1) is 5.82 Å². The number of aliphatic carboxylic acids is 1. The Morgan fingerprint density at radius 3 is 2.64 bits per heavy atom. The van der Waals surface area contributed by atoms with E-state index in [0.717, 1.165) is 18.5 Å². The Bertz CT molecular complexity index is 686. The van der Waals surface area contributed by atoms with Gasteiger partial charge in [0.2, 0.25) is 5.95 Å². The Morgan fingerprint density at radius 2 is 2.00 bits per heavy atom. The van der Waals surface area contributed by atoms with Gasteiger partial charge < -0.3 is 15.7 Å². The normalized spacial score (nSPS) is 13.7. The summed E-state index contributed by atoms with van der Waals surface area (Å²) in [6.45, 7) is -0.246. The standard InChI is InChI=1S/C15H15FN4O2/c16-10-3-5-11(6-4-10)18-13-7-12(9-1-2-9)19-15(20-13)17-8-14(21)22/h3-7,9H,1-2,8H2,(H,21,22)(H2,17,18,19,20). The Labute approximate surface area is 126 Å². The summed E-state index contributed by atoms with van der Waals surface area (Å²) in [5.41, 5.74) is 1.58. The molecule has 114 valence electrons. The highest BCUT2D eigenvalue weighted by molar-refractivity contribution is 5.72. The van der Waals surface area contributed by atoms with Gasteiger partial charge in [0.25, 0.3) is 0 Å². The van der Waals surface area contributed by atoms with Crippen LogP contribution in [0.3, 0.4) is 0 Å². The highest BCUT2D eigenvalue weighted by Gasteiger charge is 2.26. The van der Waals surface area contributed by atoms with Gasteiger partial charge in [-0.25, -0.2) is 9.37 Å². The number of carbonyl (C=O) groups is 1. The third-order valence-corrected chi connectivity index (χ3v) is 3.26. The molecule has 0 bridgehead atoms. The van der Waals surface area contributed by atoms with Crippen molar-refractivity contribution in [3.8, 4) is 0 Å². The number of benzene rings is 1. The number of carboxylic acids is 1. The lowest BCUT2D eigenvalue weighted by molar-refractivity contribution is -0.134. The predicted octanol–water partition coefficient (Wildman–Crippen LogP) is 2.73. The predicted molar refractivity (Wildman–Crippen MR) is 79.8 cm³/mol. The van der Waals surface area contributed by atoms with E-state index in [0.29, 0.717) is 17.4 Å². The van der Waals surface area contributed by atoms with E-state index in [1.165, 1.54) is 12.1 Å². The van der Waals surface area contributed by atoms with Crippen LogP contribution in [0.1, 0.15) is 24.5 Å². The van der Waals surface area contributed by atoms with Gasteiger partial charge in [0.05, 0.1) is 5.69 Å². The first kappa shape index (κ1) is 14.2. The first-order valence-electron chi connectivity index (χ1n) is 6.97. The van der Waals surface area contributed by atoms with Gasteiger partial charge >= 0.3 is 5.97 Å². The number of nitrogens with zero attached hydrogens (tertiary/aromatic N) is 2. The molecule has 3 rings (SSSR count). The second-order valence-corrected chi connectivity index (χ2v) is 5.16. The summed E-state index contributed by atoms with van der Waals surface area (Å²) in [5, 5.41) is 14.5. The van der Waals surface area contributed by atoms with Crippen LogP contribution in [0.2, 0.25) is 0 Å². The zero-order chi connectivity index (χ0) is 15.5. The third-order valence-electron chi connectivity index (χ3n) is 3.26. The van der Waals surface area contributed by atoms with E-state index < -0.39 is 5.97 Å². The molecule has 1 saturated carbocycles. The van der Waals surface area contributed by atoms with Crippen molar-refractivity contribution in [1.82, 2.24) is 9.97 Å². The van der Waals surface area contributed by atoms with Crippen LogP contribution in [0.25, 0.3) is 0 Å². The molecule has 0 atom stereocenters. The molecule has 1 aliphatic carbocycles. The summed E-state index contributed by atoms with van der Waals surface area (Å²) in [6, 6.07) is 7.77. The summed E-state index contributed by atoms with van der Waals surface area (Å²) < 4.78 is 12.9. The van der Waals surface area contributed by atoms with Crippen molar-refractivity contribution in [3.63, 3.8) is 0 Å². The first-order chi connectivity index (χ1) is 10.6. The Balaban J connectivity index is 1.82. The minimum atomic E-state index is -0.978. The third kappa shape index (κ3) is 3.69. The molecule has 22 heavy (non-hydrogen) atoms. The first-order valence-corrected chi connectivity index (χ1v) is 6.97. The molecule has 0 unspecified atom stereocenters. The number of anilines is 3. The van der Waals surface area contributed by atoms with Crippen molar-refractivity contribution >= 4 is 23.4 Å². The number of rotatable bonds is 6. The average Bonchev–Trinajstić information content (AvgIpc) is 3.32. The maximum atomic E-state index is 12.9. The fraction of sp³-hybridized carbons (Fsp3) is 0.267. The highest BCUT2D eigenvalue weighted by Crippen LogP contribution is 2.40. The number of halogens is 1. The van der Waals surface area contributed by atoms with Gasteiger partial charge in [-0.3, -0.25) is 4.79 Å². The van der Waals surface area contributed by atoms with Gasteiger partial charge in [0, 0.05) is 17.7 Å². The maximum Gasteiger partial charge on any atom is 0.322 e. The number of hydrogen-bond donors (Lipinski definition) is 3. The molecule has 1 aromatic carbocycles. The molecule has 0 saturated heterocycles. The van der Waals surface area contributed by atoms with Crippen LogP contribution in [0.4, 0.5) is 21.8 Å². The van der Waals surface area contributed by atoms with Crippen molar-refractivity contribution < 1.29 is 14.3 Å². The minimum Gasteiger partial charge on any atom is -0.480 e. The molecule has 7 heteroatoms. The Hall–Kier alpha value is -2.70. The lowest BCUT2D eigenvalue weighted by Crippen LogP contribution is -2.15. The van der Waals surface area contributed by atoms with E-state index >= 15 is 0 Å². The summed E-state index contributed by atoms with van der Waals surface area (Å²) in [7, 11) is 0. The largest absolute Gasteiger partial charge is 0.480 e. The number of nitrogens with one attached hydrogen (secondary N) is 2. The second-order valence-electron chi connectivity index (χ2n) is 5.16. The van der Waals surface area contributed by atoms with E-state index in [1.807, 2.05) is 6.07 Å². The molecule has 1 heterocycles. The molecule has 6 nitrogen and oxygen atoms in total. The zero-order valence-electron chi connectivity index (χ0n) is 11.7. The molecular formula is C15H15FN4O2. The molecule has 1 aromatic heterocycles. The topological polar surface area (TPSA) is 87.1 Å². The van der Waals surface area contributed by atoms with Crippen molar-refractivity contribution in [2.45, 2.75) is 18.8 Å². The van der Waals surface area contributed by atoms with Crippen LogP contribution in [0.15, 0.2) is 30.3 Å². The molecule has 3 N–H and O–H groups in total. The van der Waals surface area contributed by atoms with Crippen LogP contribution in [0.5, 0.6) is 0 Å². The van der Waals surface area contributed by atoms with Crippen LogP contribution < -0.4 is 10.6 Å². The molecule has 0 radical (unpaired) electrons. The van der Waals surface area contributed by atoms with Gasteiger partial charge in [0.1, 0.15) is 18.2 Å². The van der Waals surface area contributed by atoms with Crippen molar-refractivity contribution in [3.05, 3.63) is 41.8 Å². The Morgan fingerprint density at radius 1 is 1.27 bits per heavy atom. The summed E-state index contributed by atoms with van der Waals surface area (Å²) in [6.07, 6.45) is 2.15. The lowest BCUT2D eigenvalue weighted by atomic mass is 10.2. The fourth-order valence-electron chi connectivity index (χ4n) is 2.03. The fourth-order valence-corrected chi connectivity index (χ4v) is 2.03. The van der Waals surface area contributed by atoms with Gasteiger partial charge in [-0.05, 0) is 37.1 Å². The smallest absolute Gasteiger partial charge is 0.322 e. The average molecular weight is 302 g/mol. The van der Waals surface area contributed by atoms with Crippen LogP contribution in [-0.2, 0) is 4.79 Å². The van der Waals surface area contributed by atoms with E-state index in [2.05, 4.69) is 20.6 Å². The van der Waals surface area contributed by atoms with E-state index in [1.54, 1.807) is 12.1 Å². The lowest BCUT2D eigenvalue weighted by Gasteiger charge is -2.10.